The summed E-state index contributed by atoms with van der Waals surface area (Å²) < 4.78 is 5.35. The highest BCUT2D eigenvalue weighted by Crippen LogP contribution is 2.20. The van der Waals surface area contributed by atoms with Crippen LogP contribution in [0.25, 0.3) is 0 Å². The molecule has 1 fully saturated rings. The van der Waals surface area contributed by atoms with Crippen LogP contribution >= 0.6 is 0 Å². The van der Waals surface area contributed by atoms with Gasteiger partial charge in [0.25, 0.3) is 0 Å². The lowest BCUT2D eigenvalue weighted by Crippen LogP contribution is -2.61. The van der Waals surface area contributed by atoms with Gasteiger partial charge in [0.2, 0.25) is 0 Å². The molecular formula is C13H20N2O3. The van der Waals surface area contributed by atoms with E-state index in [0.717, 1.165) is 12.3 Å². The summed E-state index contributed by atoms with van der Waals surface area (Å²) in [6, 6.07) is 3.79. The first-order valence-electron chi connectivity index (χ1n) is 6.19. The first-order valence-corrected chi connectivity index (χ1v) is 6.19. The Morgan fingerprint density at radius 3 is 3.06 bits per heavy atom. The largest absolute Gasteiger partial charge is 0.481 e. The summed E-state index contributed by atoms with van der Waals surface area (Å²) in [6.07, 6.45) is 1.80. The highest BCUT2D eigenvalue weighted by Gasteiger charge is 2.33. The van der Waals surface area contributed by atoms with Crippen molar-refractivity contribution in [2.75, 3.05) is 13.1 Å². The van der Waals surface area contributed by atoms with Crippen molar-refractivity contribution in [3.8, 4) is 0 Å². The van der Waals surface area contributed by atoms with Crippen LogP contribution in [0.5, 0.6) is 0 Å². The molecular weight excluding hydrogens is 232 g/mol. The molecule has 18 heavy (non-hydrogen) atoms. The third-order valence-electron chi connectivity index (χ3n) is 3.28. The predicted octanol–water partition coefficient (Wildman–Crippen LogP) is 1.31. The molecule has 1 saturated heterocycles. The van der Waals surface area contributed by atoms with E-state index in [9.17, 15) is 4.79 Å². The number of carboxylic acid groups (broad SMARTS) is 1. The summed E-state index contributed by atoms with van der Waals surface area (Å²) in [5.74, 6) is 0.119. The van der Waals surface area contributed by atoms with Crippen molar-refractivity contribution in [1.82, 2.24) is 10.2 Å². The Morgan fingerprint density at radius 1 is 1.67 bits per heavy atom. The van der Waals surface area contributed by atoms with E-state index in [2.05, 4.69) is 24.1 Å². The Hall–Kier alpha value is -1.33. The van der Waals surface area contributed by atoms with Crippen LogP contribution in [0.15, 0.2) is 22.8 Å². The Labute approximate surface area is 107 Å². The van der Waals surface area contributed by atoms with Crippen molar-refractivity contribution < 1.29 is 14.3 Å². The van der Waals surface area contributed by atoms with E-state index in [1.54, 1.807) is 6.26 Å². The van der Waals surface area contributed by atoms with Gasteiger partial charge >= 0.3 is 5.97 Å². The number of furan rings is 1. The third-order valence-corrected chi connectivity index (χ3v) is 3.28. The van der Waals surface area contributed by atoms with E-state index in [4.69, 9.17) is 9.52 Å². The Morgan fingerprint density at radius 2 is 2.44 bits per heavy atom. The highest BCUT2D eigenvalue weighted by atomic mass is 16.4. The summed E-state index contributed by atoms with van der Waals surface area (Å²) in [7, 11) is 0. The van der Waals surface area contributed by atoms with E-state index >= 15 is 0 Å². The number of carboxylic acids is 1. The molecule has 2 N–H and O–H groups in total. The van der Waals surface area contributed by atoms with Crippen LogP contribution in [-0.4, -0.2) is 40.6 Å². The van der Waals surface area contributed by atoms with Gasteiger partial charge in [0, 0.05) is 24.7 Å². The van der Waals surface area contributed by atoms with Gasteiger partial charge in [-0.3, -0.25) is 9.69 Å². The van der Waals surface area contributed by atoms with Crippen LogP contribution in [0.1, 0.15) is 26.0 Å². The molecule has 100 valence electrons. The predicted molar refractivity (Wildman–Crippen MR) is 67.2 cm³/mol. The molecule has 2 rings (SSSR count). The number of carbonyl (C=O) groups is 1. The van der Waals surface area contributed by atoms with Crippen LogP contribution in [0, 0.1) is 0 Å². The minimum Gasteiger partial charge on any atom is -0.481 e. The van der Waals surface area contributed by atoms with Gasteiger partial charge in [0.1, 0.15) is 5.76 Å². The van der Waals surface area contributed by atoms with Crippen LogP contribution in [0.3, 0.4) is 0 Å². The molecule has 0 saturated carbocycles. The summed E-state index contributed by atoms with van der Waals surface area (Å²) in [6.45, 7) is 6.42. The SMILES string of the molecule is CC1(C)CN(Cc2ccco2)C(CC(=O)O)CN1. The number of piperazine rings is 1. The molecule has 1 aliphatic heterocycles. The standard InChI is InChI=1S/C13H20N2O3/c1-13(2)9-15(8-11-4-3-5-18-11)10(7-14-13)6-12(16)17/h3-5,10,14H,6-9H2,1-2H3,(H,16,17). The zero-order valence-corrected chi connectivity index (χ0v) is 10.8. The summed E-state index contributed by atoms with van der Waals surface area (Å²) in [4.78, 5) is 13.1. The fourth-order valence-electron chi connectivity index (χ4n) is 2.41. The lowest BCUT2D eigenvalue weighted by Gasteiger charge is -2.43. The molecule has 0 radical (unpaired) electrons. The summed E-state index contributed by atoms with van der Waals surface area (Å²) >= 11 is 0. The minimum absolute atomic E-state index is 0.00158. The molecule has 0 aromatic carbocycles. The minimum atomic E-state index is -0.758. The lowest BCUT2D eigenvalue weighted by molar-refractivity contribution is -0.139. The molecule has 0 spiro atoms. The van der Waals surface area contributed by atoms with Crippen LogP contribution in [0.2, 0.25) is 0 Å². The van der Waals surface area contributed by atoms with Crippen molar-refractivity contribution in [3.05, 3.63) is 24.2 Å². The average Bonchev–Trinajstić information content (AvgIpc) is 2.74. The van der Waals surface area contributed by atoms with Gasteiger partial charge < -0.3 is 14.8 Å². The van der Waals surface area contributed by atoms with Gasteiger partial charge in [-0.05, 0) is 26.0 Å². The van der Waals surface area contributed by atoms with Crippen molar-refractivity contribution in [2.45, 2.75) is 38.4 Å². The molecule has 5 heteroatoms. The number of hydrogen-bond acceptors (Lipinski definition) is 4. The molecule has 0 aliphatic carbocycles. The van der Waals surface area contributed by atoms with E-state index in [1.807, 2.05) is 12.1 Å². The Balaban J connectivity index is 2.06. The van der Waals surface area contributed by atoms with Crippen molar-refractivity contribution in [2.24, 2.45) is 0 Å². The Bertz CT molecular complexity index is 400. The van der Waals surface area contributed by atoms with Crippen molar-refractivity contribution >= 4 is 5.97 Å². The average molecular weight is 252 g/mol. The smallest absolute Gasteiger partial charge is 0.304 e. The van der Waals surface area contributed by atoms with Gasteiger partial charge in [0.15, 0.2) is 0 Å². The second-order valence-electron chi connectivity index (χ2n) is 5.50. The molecule has 1 aliphatic rings. The van der Waals surface area contributed by atoms with Gasteiger partial charge in [-0.25, -0.2) is 0 Å². The van der Waals surface area contributed by atoms with Gasteiger partial charge in [-0.1, -0.05) is 0 Å². The van der Waals surface area contributed by atoms with E-state index in [1.165, 1.54) is 0 Å². The van der Waals surface area contributed by atoms with E-state index in [0.29, 0.717) is 13.1 Å². The van der Waals surface area contributed by atoms with E-state index in [-0.39, 0.29) is 18.0 Å². The zero-order chi connectivity index (χ0) is 13.2. The molecule has 1 aromatic heterocycles. The molecule has 1 atom stereocenters. The van der Waals surface area contributed by atoms with Gasteiger partial charge in [-0.15, -0.1) is 0 Å². The zero-order valence-electron chi connectivity index (χ0n) is 10.8. The van der Waals surface area contributed by atoms with Crippen molar-refractivity contribution in [3.63, 3.8) is 0 Å². The topological polar surface area (TPSA) is 65.7 Å². The summed E-state index contributed by atoms with van der Waals surface area (Å²) in [5.41, 5.74) is 0.00158. The second-order valence-corrected chi connectivity index (χ2v) is 5.50. The third kappa shape index (κ3) is 3.34. The first-order chi connectivity index (χ1) is 8.46. The molecule has 1 unspecified atom stereocenters. The fraction of sp³-hybridized carbons (Fsp3) is 0.615. The molecule has 2 heterocycles. The van der Waals surface area contributed by atoms with Gasteiger partial charge in [0.05, 0.1) is 19.2 Å². The van der Waals surface area contributed by atoms with Crippen LogP contribution < -0.4 is 5.32 Å². The maximum Gasteiger partial charge on any atom is 0.304 e. The maximum absolute atomic E-state index is 10.9. The maximum atomic E-state index is 10.9. The monoisotopic (exact) mass is 252 g/mol. The second kappa shape index (κ2) is 5.12. The molecule has 1 aromatic rings. The molecule has 0 bridgehead atoms. The van der Waals surface area contributed by atoms with Crippen LogP contribution in [0.4, 0.5) is 0 Å². The number of rotatable bonds is 4. The Kier molecular flexibility index (Phi) is 3.73. The lowest BCUT2D eigenvalue weighted by atomic mass is 9.97. The number of nitrogens with one attached hydrogen (secondary N) is 1. The highest BCUT2D eigenvalue weighted by molar-refractivity contribution is 5.67. The number of aliphatic carboxylic acids is 1. The first kappa shape index (κ1) is 13.1. The quantitative estimate of drug-likeness (QED) is 0.845. The number of hydrogen-bond donors (Lipinski definition) is 2. The molecule has 0 amide bonds. The fourth-order valence-corrected chi connectivity index (χ4v) is 2.41. The van der Waals surface area contributed by atoms with Crippen LogP contribution in [-0.2, 0) is 11.3 Å². The molecule has 5 nitrogen and oxygen atoms in total. The number of nitrogens with zero attached hydrogens (tertiary/aromatic N) is 1. The summed E-state index contributed by atoms with van der Waals surface area (Å²) in [5, 5.41) is 12.3. The van der Waals surface area contributed by atoms with Gasteiger partial charge in [-0.2, -0.15) is 0 Å². The van der Waals surface area contributed by atoms with E-state index < -0.39 is 5.97 Å². The van der Waals surface area contributed by atoms with Crippen molar-refractivity contribution in [1.29, 1.82) is 0 Å². The normalized spacial score (nSPS) is 24.0.